The van der Waals surface area contributed by atoms with Gasteiger partial charge in [0.1, 0.15) is 11.4 Å². The molecule has 7 nitrogen and oxygen atoms in total. The Balaban J connectivity index is 3.50. The summed E-state index contributed by atoms with van der Waals surface area (Å²) in [5.74, 6) is -1.07. The van der Waals surface area contributed by atoms with Crippen LogP contribution in [-0.2, 0) is 4.74 Å². The van der Waals surface area contributed by atoms with Gasteiger partial charge in [0.25, 0.3) is 6.43 Å². The number of halogens is 2. The number of ether oxygens (including phenoxy) is 1. The molecule has 0 bridgehead atoms. The Labute approximate surface area is 93.3 Å². The highest BCUT2D eigenvalue weighted by Crippen LogP contribution is 2.33. The molecule has 17 heavy (non-hydrogen) atoms. The fourth-order valence-electron chi connectivity index (χ4n) is 1.16. The van der Waals surface area contributed by atoms with Crippen molar-refractivity contribution in [2.75, 3.05) is 12.8 Å². The summed E-state index contributed by atoms with van der Waals surface area (Å²) >= 11 is 0. The third-order valence-electron chi connectivity index (χ3n) is 1.91. The molecule has 0 atom stereocenters. The van der Waals surface area contributed by atoms with Crippen molar-refractivity contribution in [2.24, 2.45) is 0 Å². The quantitative estimate of drug-likeness (QED) is 0.489. The van der Waals surface area contributed by atoms with E-state index >= 15 is 0 Å². The lowest BCUT2D eigenvalue weighted by Gasteiger charge is -2.07. The van der Waals surface area contributed by atoms with Gasteiger partial charge in [-0.3, -0.25) is 15.1 Å². The van der Waals surface area contributed by atoms with Crippen molar-refractivity contribution in [2.45, 2.75) is 6.43 Å². The first-order valence-electron chi connectivity index (χ1n) is 4.19. The van der Waals surface area contributed by atoms with Gasteiger partial charge in [-0.1, -0.05) is 0 Å². The second-order valence-electron chi connectivity index (χ2n) is 2.87. The largest absolute Gasteiger partial charge is 0.465 e. The monoisotopic (exact) mass is 247 g/mol. The van der Waals surface area contributed by atoms with Crippen LogP contribution in [0.15, 0.2) is 6.20 Å². The van der Waals surface area contributed by atoms with E-state index in [0.717, 1.165) is 7.11 Å². The predicted octanol–water partition coefficient (Wildman–Crippen LogP) is 1.30. The number of carbonyl (C=O) groups is 1. The van der Waals surface area contributed by atoms with E-state index in [4.69, 9.17) is 5.73 Å². The molecule has 0 radical (unpaired) electrons. The average Bonchev–Trinajstić information content (AvgIpc) is 2.26. The van der Waals surface area contributed by atoms with E-state index in [1.54, 1.807) is 0 Å². The number of alkyl halides is 2. The fraction of sp³-hybridized carbons (Fsp3) is 0.250. The van der Waals surface area contributed by atoms with Gasteiger partial charge in [0.2, 0.25) is 0 Å². The SMILES string of the molecule is COC(=O)c1cnc(C(F)F)c(N)c1[N+](=O)[O-]. The third kappa shape index (κ3) is 2.27. The molecule has 9 heteroatoms. The zero-order valence-electron chi connectivity index (χ0n) is 8.52. The van der Waals surface area contributed by atoms with Crippen LogP contribution in [0.4, 0.5) is 20.2 Å². The lowest BCUT2D eigenvalue weighted by molar-refractivity contribution is -0.384. The molecule has 0 aliphatic carbocycles. The molecule has 2 N–H and O–H groups in total. The second kappa shape index (κ2) is 4.68. The maximum Gasteiger partial charge on any atom is 0.346 e. The Kier molecular flexibility index (Phi) is 3.51. The first-order valence-corrected chi connectivity index (χ1v) is 4.19. The molecule has 1 aromatic heterocycles. The topological polar surface area (TPSA) is 108 Å². The van der Waals surface area contributed by atoms with Crippen molar-refractivity contribution in [3.63, 3.8) is 0 Å². The number of rotatable bonds is 3. The van der Waals surface area contributed by atoms with Gasteiger partial charge in [-0.2, -0.15) is 0 Å². The highest BCUT2D eigenvalue weighted by Gasteiger charge is 2.30. The molecule has 0 amide bonds. The normalized spacial score (nSPS) is 10.4. The Hall–Kier alpha value is -2.32. The second-order valence-corrected chi connectivity index (χ2v) is 2.87. The van der Waals surface area contributed by atoms with E-state index in [9.17, 15) is 23.7 Å². The minimum Gasteiger partial charge on any atom is -0.465 e. The molecule has 0 aliphatic rings. The summed E-state index contributed by atoms with van der Waals surface area (Å²) < 4.78 is 29.1. The molecule has 0 saturated carbocycles. The first-order chi connectivity index (χ1) is 7.90. The van der Waals surface area contributed by atoms with Crippen molar-refractivity contribution >= 4 is 17.3 Å². The highest BCUT2D eigenvalue weighted by molar-refractivity contribution is 5.96. The third-order valence-corrected chi connectivity index (χ3v) is 1.91. The standard InChI is InChI=1S/C8H7F2N3O4/c1-17-8(14)3-2-12-5(7(9)10)4(11)6(3)13(15)16/h2,7H,11H2,1H3. The van der Waals surface area contributed by atoms with Crippen LogP contribution in [0.1, 0.15) is 22.5 Å². The van der Waals surface area contributed by atoms with E-state index in [1.165, 1.54) is 0 Å². The molecule has 0 spiro atoms. The van der Waals surface area contributed by atoms with E-state index in [0.29, 0.717) is 6.20 Å². The minimum absolute atomic E-state index is 0.570. The zero-order chi connectivity index (χ0) is 13.2. The van der Waals surface area contributed by atoms with Gasteiger partial charge in [-0.15, -0.1) is 0 Å². The van der Waals surface area contributed by atoms with Gasteiger partial charge in [0, 0.05) is 6.20 Å². The van der Waals surface area contributed by atoms with E-state index < -0.39 is 40.0 Å². The van der Waals surface area contributed by atoms with Crippen molar-refractivity contribution in [3.8, 4) is 0 Å². The molecule has 0 aromatic carbocycles. The fourth-order valence-corrected chi connectivity index (χ4v) is 1.16. The summed E-state index contributed by atoms with van der Waals surface area (Å²) in [4.78, 5) is 24.0. The van der Waals surface area contributed by atoms with Crippen molar-refractivity contribution in [1.82, 2.24) is 4.98 Å². The average molecular weight is 247 g/mol. The number of nitrogens with two attached hydrogens (primary N) is 1. The number of nitrogen functional groups attached to an aromatic ring is 1. The summed E-state index contributed by atoms with van der Waals surface area (Å²) in [6.07, 6.45) is -2.43. The van der Waals surface area contributed by atoms with E-state index in [2.05, 4.69) is 9.72 Å². The summed E-state index contributed by atoms with van der Waals surface area (Å²) in [5, 5.41) is 10.7. The van der Waals surface area contributed by atoms with Crippen LogP contribution in [0.5, 0.6) is 0 Å². The molecule has 0 fully saturated rings. The van der Waals surface area contributed by atoms with Crippen LogP contribution in [0, 0.1) is 10.1 Å². The van der Waals surface area contributed by atoms with Crippen LogP contribution >= 0.6 is 0 Å². The van der Waals surface area contributed by atoms with E-state index in [-0.39, 0.29) is 0 Å². The Morgan fingerprint density at radius 1 is 1.65 bits per heavy atom. The summed E-state index contributed by atoms with van der Waals surface area (Å²) in [6.45, 7) is 0. The Bertz CT molecular complexity index is 478. The number of aromatic nitrogens is 1. The van der Waals surface area contributed by atoms with Gasteiger partial charge in [0.05, 0.1) is 12.0 Å². The Morgan fingerprint density at radius 3 is 2.65 bits per heavy atom. The summed E-state index contributed by atoms with van der Waals surface area (Å²) in [5.41, 5.74) is 1.91. The maximum atomic E-state index is 12.4. The van der Waals surface area contributed by atoms with Crippen LogP contribution in [-0.4, -0.2) is 23.0 Å². The molecular formula is C8H7F2N3O4. The van der Waals surface area contributed by atoms with Gasteiger partial charge in [-0.25, -0.2) is 13.6 Å². The van der Waals surface area contributed by atoms with Crippen molar-refractivity contribution < 1.29 is 23.2 Å². The molecule has 92 valence electrons. The summed E-state index contributed by atoms with van der Waals surface area (Å²) in [6, 6.07) is 0. The molecule has 1 aromatic rings. The lowest BCUT2D eigenvalue weighted by Crippen LogP contribution is -2.11. The van der Waals surface area contributed by atoms with Gasteiger partial charge >= 0.3 is 11.7 Å². The van der Waals surface area contributed by atoms with E-state index in [1.807, 2.05) is 0 Å². The number of hydrogen-bond acceptors (Lipinski definition) is 6. The van der Waals surface area contributed by atoms with Gasteiger partial charge < -0.3 is 10.5 Å². The molecule has 0 aliphatic heterocycles. The lowest BCUT2D eigenvalue weighted by atomic mass is 10.1. The number of anilines is 1. The van der Waals surface area contributed by atoms with Crippen molar-refractivity contribution in [1.29, 1.82) is 0 Å². The van der Waals surface area contributed by atoms with Crippen LogP contribution in [0.25, 0.3) is 0 Å². The van der Waals surface area contributed by atoms with Crippen molar-refractivity contribution in [3.05, 3.63) is 27.6 Å². The number of pyridine rings is 1. The number of methoxy groups -OCH3 is 1. The molecule has 1 rings (SSSR count). The number of esters is 1. The zero-order valence-corrected chi connectivity index (χ0v) is 8.52. The predicted molar refractivity (Wildman–Crippen MR) is 51.6 cm³/mol. The number of carbonyl (C=O) groups excluding carboxylic acids is 1. The van der Waals surface area contributed by atoms with Crippen LogP contribution < -0.4 is 5.73 Å². The summed E-state index contributed by atoms with van der Waals surface area (Å²) in [7, 11) is 0.989. The molecule has 0 saturated heterocycles. The first kappa shape index (κ1) is 12.7. The van der Waals surface area contributed by atoms with Gasteiger partial charge in [0.15, 0.2) is 5.56 Å². The van der Waals surface area contributed by atoms with Crippen LogP contribution in [0.3, 0.4) is 0 Å². The molecule has 0 unspecified atom stereocenters. The van der Waals surface area contributed by atoms with Crippen LogP contribution in [0.2, 0.25) is 0 Å². The minimum atomic E-state index is -3.07. The number of nitrogens with zero attached hydrogens (tertiary/aromatic N) is 2. The number of nitro groups is 1. The molecular weight excluding hydrogens is 240 g/mol. The Morgan fingerprint density at radius 2 is 2.24 bits per heavy atom. The smallest absolute Gasteiger partial charge is 0.346 e. The van der Waals surface area contributed by atoms with Gasteiger partial charge in [-0.05, 0) is 0 Å². The maximum absolute atomic E-state index is 12.4. The molecule has 1 heterocycles. The number of hydrogen-bond donors (Lipinski definition) is 1. The highest BCUT2D eigenvalue weighted by atomic mass is 19.3.